The van der Waals surface area contributed by atoms with Crippen molar-refractivity contribution in [3.05, 3.63) is 84.2 Å². The third kappa shape index (κ3) is 6.65. The molecular weight excluding hydrogens is 646 g/mol. The third-order valence-electron chi connectivity index (χ3n) is 6.54. The van der Waals surface area contributed by atoms with Crippen molar-refractivity contribution in [1.82, 2.24) is 10.6 Å². The molecule has 0 saturated heterocycles. The first-order valence-corrected chi connectivity index (χ1v) is 14.5. The predicted octanol–water partition coefficient (Wildman–Crippen LogP) is 5.60. The van der Waals surface area contributed by atoms with Crippen LogP contribution in [0.25, 0.3) is 21.8 Å². The second-order valence-corrected chi connectivity index (χ2v) is 11.9. The molecule has 0 saturated carbocycles. The average Bonchev–Trinajstić information content (AvgIpc) is 2.86. The van der Waals surface area contributed by atoms with Gasteiger partial charge in [-0.05, 0) is 37.1 Å². The van der Waals surface area contributed by atoms with Crippen LogP contribution in [0.4, 0.5) is 0 Å². The molecule has 4 nitrogen and oxygen atoms in total. The summed E-state index contributed by atoms with van der Waals surface area (Å²) in [6, 6.07) is 26.1. The van der Waals surface area contributed by atoms with Crippen LogP contribution in [0.5, 0.6) is 0 Å². The van der Waals surface area contributed by atoms with Gasteiger partial charge in [-0.2, -0.15) is 9.13 Å². The molecule has 0 bridgehead atoms. The van der Waals surface area contributed by atoms with Gasteiger partial charge in [-0.25, -0.2) is 0 Å². The van der Waals surface area contributed by atoms with Crippen LogP contribution in [-0.4, -0.2) is 8.10 Å². The number of rotatable bonds is 11. The Hall–Kier alpha value is -1.36. The Morgan fingerprint density at radius 3 is 1.47 bits per heavy atom. The number of benzene rings is 2. The number of para-hydroxylation sites is 2. The van der Waals surface area contributed by atoms with Gasteiger partial charge in [0.15, 0.2) is 11.4 Å². The Labute approximate surface area is 230 Å². The van der Waals surface area contributed by atoms with Crippen molar-refractivity contribution in [1.29, 1.82) is 0 Å². The van der Waals surface area contributed by atoms with Gasteiger partial charge in [0.2, 0.25) is 11.0 Å². The second kappa shape index (κ2) is 12.6. The quantitative estimate of drug-likeness (QED) is 0.0711. The maximum absolute atomic E-state index is 3.71. The van der Waals surface area contributed by atoms with Crippen LogP contribution in [0.15, 0.2) is 72.8 Å². The van der Waals surface area contributed by atoms with E-state index in [0.29, 0.717) is 8.10 Å². The summed E-state index contributed by atoms with van der Waals surface area (Å²) >= 11 is 5.10. The number of fused-ring (bicyclic) bond motifs is 2. The highest BCUT2D eigenvalue weighted by atomic mass is 127. The molecule has 0 aliphatic carbocycles. The van der Waals surface area contributed by atoms with Crippen molar-refractivity contribution >= 4 is 67.0 Å². The number of alkyl halides is 2. The highest BCUT2D eigenvalue weighted by Gasteiger charge is 2.14. The summed E-state index contributed by atoms with van der Waals surface area (Å²) in [7, 11) is 4.32. The van der Waals surface area contributed by atoms with E-state index in [2.05, 4.69) is 152 Å². The zero-order valence-electron chi connectivity index (χ0n) is 20.0. The molecule has 4 aromatic rings. The van der Waals surface area contributed by atoms with Crippen LogP contribution in [-0.2, 0) is 27.2 Å². The zero-order chi connectivity index (χ0) is 23.9. The molecule has 2 aromatic heterocycles. The molecule has 4 rings (SSSR count). The highest BCUT2D eigenvalue weighted by Crippen LogP contribution is 2.15. The van der Waals surface area contributed by atoms with Crippen LogP contribution in [0, 0.1) is 0 Å². The fourth-order valence-corrected chi connectivity index (χ4v) is 5.73. The van der Waals surface area contributed by atoms with E-state index < -0.39 is 0 Å². The Morgan fingerprint density at radius 1 is 0.618 bits per heavy atom. The molecule has 34 heavy (non-hydrogen) atoms. The van der Waals surface area contributed by atoms with Crippen molar-refractivity contribution in [2.24, 2.45) is 14.1 Å². The summed E-state index contributed by atoms with van der Waals surface area (Å²) in [6.45, 7) is 1.79. The van der Waals surface area contributed by atoms with Gasteiger partial charge in [-0.1, -0.05) is 82.3 Å². The number of pyridine rings is 2. The summed E-state index contributed by atoms with van der Waals surface area (Å²) in [5.74, 6) is 0. The second-order valence-electron chi connectivity index (χ2n) is 8.87. The lowest BCUT2D eigenvalue weighted by molar-refractivity contribution is -0.653. The van der Waals surface area contributed by atoms with Crippen LogP contribution >= 0.6 is 45.2 Å². The topological polar surface area (TPSA) is 31.8 Å². The summed E-state index contributed by atoms with van der Waals surface area (Å²) in [6.07, 6.45) is 4.88. The van der Waals surface area contributed by atoms with Crippen molar-refractivity contribution in [2.45, 2.75) is 46.9 Å². The molecule has 2 unspecified atom stereocenters. The first-order valence-electron chi connectivity index (χ1n) is 12.0. The number of hydrogen-bond donors (Lipinski definition) is 2. The smallest absolute Gasteiger partial charge is 0.212 e. The molecule has 2 N–H and O–H groups in total. The van der Waals surface area contributed by atoms with E-state index in [0.717, 1.165) is 13.1 Å². The van der Waals surface area contributed by atoms with Gasteiger partial charge < -0.3 is 0 Å². The predicted molar refractivity (Wildman–Crippen MR) is 158 cm³/mol. The monoisotopic (exact) mass is 680 g/mol. The van der Waals surface area contributed by atoms with E-state index in [1.54, 1.807) is 0 Å². The molecular formula is C28H34I2N4+2. The molecule has 0 aliphatic rings. The van der Waals surface area contributed by atoms with Gasteiger partial charge in [0.1, 0.15) is 14.1 Å². The number of hydrogen-bond acceptors (Lipinski definition) is 2. The molecule has 0 aliphatic heterocycles. The number of nitrogens with zero attached hydrogens (tertiary/aromatic N) is 2. The lowest BCUT2D eigenvalue weighted by Crippen LogP contribution is -2.38. The van der Waals surface area contributed by atoms with Gasteiger partial charge >= 0.3 is 0 Å². The summed E-state index contributed by atoms with van der Waals surface area (Å²) in [5, 5.41) is 9.99. The highest BCUT2D eigenvalue weighted by molar-refractivity contribution is 14.1. The van der Waals surface area contributed by atoms with Gasteiger partial charge in [0.25, 0.3) is 0 Å². The number of halogens is 2. The molecule has 2 heterocycles. The molecule has 0 fully saturated rings. The molecule has 0 amide bonds. The third-order valence-corrected chi connectivity index (χ3v) is 8.67. The lowest BCUT2D eigenvalue weighted by Gasteiger charge is -2.14. The standard InChI is InChI=1S/C28H34I2N4/c1-33-23(17-15-21-9-3-5-11-25(21)33)19-31-27(29)13-7-8-14-28(30)32-20-24-18-16-22-10-4-6-12-26(22)34(24)2/h3-6,9-12,15-18,27-28,31-32H,7-8,13-14,19-20H2,1-2H3/q+2. The SMILES string of the molecule is C[n+]1c(CNC(I)CCCCC(I)NCc2ccc3ccccc3[n+]2C)ccc2ccccc21. The van der Waals surface area contributed by atoms with Crippen LogP contribution in [0.2, 0.25) is 0 Å². The number of aryl methyl sites for hydroxylation is 2. The molecule has 2 aromatic carbocycles. The largest absolute Gasteiger partial charge is 0.296 e. The van der Waals surface area contributed by atoms with Crippen molar-refractivity contribution in [2.75, 3.05) is 0 Å². The van der Waals surface area contributed by atoms with E-state index in [1.807, 2.05) is 0 Å². The van der Waals surface area contributed by atoms with E-state index in [9.17, 15) is 0 Å². The minimum atomic E-state index is 0.487. The van der Waals surface area contributed by atoms with Crippen molar-refractivity contribution in [3.63, 3.8) is 0 Å². The van der Waals surface area contributed by atoms with Gasteiger partial charge in [-0.3, -0.25) is 10.6 Å². The van der Waals surface area contributed by atoms with Crippen molar-refractivity contribution in [3.8, 4) is 0 Å². The van der Waals surface area contributed by atoms with Crippen LogP contribution in [0.3, 0.4) is 0 Å². The van der Waals surface area contributed by atoms with E-state index >= 15 is 0 Å². The molecule has 0 radical (unpaired) electrons. The minimum Gasteiger partial charge on any atom is -0.296 e. The van der Waals surface area contributed by atoms with Crippen LogP contribution < -0.4 is 19.8 Å². The van der Waals surface area contributed by atoms with E-state index in [1.165, 1.54) is 58.9 Å². The van der Waals surface area contributed by atoms with Gasteiger partial charge in [0, 0.05) is 35.0 Å². The normalized spacial score (nSPS) is 13.4. The Balaban J connectivity index is 1.16. The average molecular weight is 680 g/mol. The Bertz CT molecular complexity index is 1150. The number of unbranched alkanes of at least 4 members (excludes halogenated alkanes) is 1. The zero-order valence-corrected chi connectivity index (χ0v) is 24.3. The van der Waals surface area contributed by atoms with Crippen LogP contribution in [0.1, 0.15) is 37.1 Å². The van der Waals surface area contributed by atoms with Gasteiger partial charge in [0.05, 0.1) is 21.2 Å². The molecule has 178 valence electrons. The first kappa shape index (κ1) is 25.7. The first-order chi connectivity index (χ1) is 16.5. The fraction of sp³-hybridized carbons (Fsp3) is 0.357. The maximum Gasteiger partial charge on any atom is 0.212 e. The fourth-order valence-electron chi connectivity index (χ4n) is 4.41. The molecule has 0 spiro atoms. The van der Waals surface area contributed by atoms with E-state index in [-0.39, 0.29) is 0 Å². The Kier molecular flexibility index (Phi) is 9.50. The molecule has 2 atom stereocenters. The number of aromatic nitrogens is 2. The van der Waals surface area contributed by atoms with Gasteiger partial charge in [-0.15, -0.1) is 0 Å². The summed E-state index contributed by atoms with van der Waals surface area (Å²) < 4.78 is 5.57. The molecule has 6 heteroatoms. The minimum absolute atomic E-state index is 0.487. The summed E-state index contributed by atoms with van der Waals surface area (Å²) in [4.78, 5) is 0. The van der Waals surface area contributed by atoms with Crippen molar-refractivity contribution < 1.29 is 9.13 Å². The summed E-state index contributed by atoms with van der Waals surface area (Å²) in [5.41, 5.74) is 5.20. The lowest BCUT2D eigenvalue weighted by atomic mass is 10.1. The maximum atomic E-state index is 3.71. The number of nitrogens with one attached hydrogen (secondary N) is 2. The van der Waals surface area contributed by atoms with E-state index in [4.69, 9.17) is 0 Å². The Morgan fingerprint density at radius 2 is 1.03 bits per heavy atom.